The second-order valence-corrected chi connectivity index (χ2v) is 6.56. The number of benzene rings is 2. The zero-order valence-electron chi connectivity index (χ0n) is 14.0. The molecule has 2 aromatic rings. The maximum atomic E-state index is 12.7. The predicted molar refractivity (Wildman–Crippen MR) is 92.2 cm³/mol. The molecule has 0 aliphatic rings. The molecule has 0 fully saturated rings. The Morgan fingerprint density at radius 3 is 2.30 bits per heavy atom. The summed E-state index contributed by atoms with van der Waals surface area (Å²) in [5, 5.41) is 20.2. The number of ketones is 1. The first-order valence-corrected chi connectivity index (χ1v) is 7.99. The minimum atomic E-state index is -0.326. The number of phenolic OH excluding ortho intramolecular Hbond substituents is 2. The van der Waals surface area contributed by atoms with Gasteiger partial charge in [-0.05, 0) is 29.5 Å². The van der Waals surface area contributed by atoms with Crippen molar-refractivity contribution < 1.29 is 15.0 Å². The third-order valence-corrected chi connectivity index (χ3v) is 4.22. The minimum absolute atomic E-state index is 0.0446. The highest BCUT2D eigenvalue weighted by atomic mass is 16.3. The third-order valence-electron chi connectivity index (χ3n) is 4.22. The number of Topliss-reactive ketones (excluding diaryl/α,β-unsaturated/α-hetero) is 1. The van der Waals surface area contributed by atoms with Crippen molar-refractivity contribution in [2.45, 2.75) is 45.4 Å². The fourth-order valence-corrected chi connectivity index (χ4v) is 2.84. The first kappa shape index (κ1) is 17.1. The molecule has 23 heavy (non-hydrogen) atoms. The fraction of sp³-hybridized carbons (Fsp3) is 0.350. The Bertz CT molecular complexity index is 688. The summed E-state index contributed by atoms with van der Waals surface area (Å²) in [5.74, 6) is -0.155. The summed E-state index contributed by atoms with van der Waals surface area (Å²) in [6, 6.07) is 12.9. The number of rotatable bonds is 6. The summed E-state index contributed by atoms with van der Waals surface area (Å²) in [6.45, 7) is 6.00. The molecule has 0 spiro atoms. The minimum Gasteiger partial charge on any atom is -0.508 e. The first-order valence-electron chi connectivity index (χ1n) is 7.99. The Labute approximate surface area is 137 Å². The van der Waals surface area contributed by atoms with Gasteiger partial charge >= 0.3 is 0 Å². The van der Waals surface area contributed by atoms with E-state index in [1.165, 1.54) is 12.1 Å². The smallest absolute Gasteiger partial charge is 0.167 e. The molecule has 0 radical (unpaired) electrons. The number of hydrogen-bond donors (Lipinski definition) is 2. The monoisotopic (exact) mass is 312 g/mol. The Hall–Kier alpha value is -2.29. The van der Waals surface area contributed by atoms with E-state index in [9.17, 15) is 15.0 Å². The number of hydrogen-bond acceptors (Lipinski definition) is 3. The van der Waals surface area contributed by atoms with E-state index < -0.39 is 0 Å². The van der Waals surface area contributed by atoms with Crippen LogP contribution in [0.25, 0.3) is 0 Å². The molecule has 3 nitrogen and oxygen atoms in total. The lowest BCUT2D eigenvalue weighted by atomic mass is 9.79. The molecule has 2 rings (SSSR count). The number of carbonyl (C=O) groups is 1. The van der Waals surface area contributed by atoms with Gasteiger partial charge in [0.05, 0.1) is 5.56 Å². The zero-order valence-corrected chi connectivity index (χ0v) is 14.0. The maximum absolute atomic E-state index is 12.7. The van der Waals surface area contributed by atoms with Gasteiger partial charge in [0.25, 0.3) is 0 Å². The van der Waals surface area contributed by atoms with Crippen molar-refractivity contribution in [1.29, 1.82) is 0 Å². The topological polar surface area (TPSA) is 57.5 Å². The van der Waals surface area contributed by atoms with Crippen molar-refractivity contribution in [1.82, 2.24) is 0 Å². The van der Waals surface area contributed by atoms with Crippen LogP contribution in [0.2, 0.25) is 0 Å². The van der Waals surface area contributed by atoms with Crippen LogP contribution in [0.4, 0.5) is 0 Å². The largest absolute Gasteiger partial charge is 0.508 e. The molecular formula is C20H24O3. The molecule has 0 aromatic heterocycles. The number of phenols is 2. The molecule has 0 atom stereocenters. The van der Waals surface area contributed by atoms with Crippen LogP contribution in [0.1, 0.15) is 55.1 Å². The normalized spacial score (nSPS) is 11.4. The van der Waals surface area contributed by atoms with E-state index in [2.05, 4.69) is 0 Å². The molecular weight excluding hydrogens is 288 g/mol. The summed E-state index contributed by atoms with van der Waals surface area (Å²) in [6.07, 6.45) is 1.62. The van der Waals surface area contributed by atoms with Crippen molar-refractivity contribution in [2.24, 2.45) is 0 Å². The highest BCUT2D eigenvalue weighted by Gasteiger charge is 2.27. The van der Waals surface area contributed by atoms with Gasteiger partial charge in [0, 0.05) is 12.0 Å². The van der Waals surface area contributed by atoms with E-state index in [0.717, 1.165) is 12.0 Å². The summed E-state index contributed by atoms with van der Waals surface area (Å²) < 4.78 is 0. The van der Waals surface area contributed by atoms with Gasteiger partial charge in [0.15, 0.2) is 5.78 Å². The quantitative estimate of drug-likeness (QED) is 0.766. The Morgan fingerprint density at radius 2 is 1.70 bits per heavy atom. The van der Waals surface area contributed by atoms with Crippen LogP contribution in [-0.4, -0.2) is 16.0 Å². The van der Waals surface area contributed by atoms with Crippen LogP contribution < -0.4 is 0 Å². The summed E-state index contributed by atoms with van der Waals surface area (Å²) in [4.78, 5) is 12.7. The lowest BCUT2D eigenvalue weighted by Crippen LogP contribution is -2.22. The first-order chi connectivity index (χ1) is 10.9. The molecule has 2 N–H and O–H groups in total. The molecule has 0 aliphatic carbocycles. The zero-order chi connectivity index (χ0) is 17.0. The van der Waals surface area contributed by atoms with Crippen molar-refractivity contribution in [3.05, 3.63) is 59.2 Å². The van der Waals surface area contributed by atoms with Gasteiger partial charge in [-0.2, -0.15) is 0 Å². The molecule has 0 bridgehead atoms. The highest BCUT2D eigenvalue weighted by molar-refractivity contribution is 6.00. The third kappa shape index (κ3) is 3.73. The summed E-state index contributed by atoms with van der Waals surface area (Å²) >= 11 is 0. The number of aromatic hydroxyl groups is 2. The molecule has 0 unspecified atom stereocenters. The summed E-state index contributed by atoms with van der Waals surface area (Å²) in [5.41, 5.74) is 1.50. The molecule has 0 saturated heterocycles. The Morgan fingerprint density at radius 1 is 1.04 bits per heavy atom. The van der Waals surface area contributed by atoms with E-state index >= 15 is 0 Å². The molecule has 122 valence electrons. The van der Waals surface area contributed by atoms with Crippen molar-refractivity contribution in [3.8, 4) is 11.5 Å². The molecule has 0 amide bonds. The van der Waals surface area contributed by atoms with E-state index in [1.807, 2.05) is 51.1 Å². The molecule has 0 heterocycles. The Kier molecular flexibility index (Phi) is 5.09. The van der Waals surface area contributed by atoms with Crippen molar-refractivity contribution in [2.75, 3.05) is 0 Å². The van der Waals surface area contributed by atoms with Crippen molar-refractivity contribution >= 4 is 5.78 Å². The standard InChI is InChI=1S/C20H24O3/c1-4-8-15-17(21)12-11-16(19(15)23)18(22)13-20(2,3)14-9-6-5-7-10-14/h5-7,9-12,21,23H,4,8,13H2,1-3H3. The van der Waals surface area contributed by atoms with Crippen LogP contribution in [0.3, 0.4) is 0 Å². The van der Waals surface area contributed by atoms with Gasteiger partial charge < -0.3 is 10.2 Å². The average molecular weight is 312 g/mol. The van der Waals surface area contributed by atoms with Gasteiger partial charge in [0.1, 0.15) is 11.5 Å². The van der Waals surface area contributed by atoms with Gasteiger partial charge in [-0.1, -0.05) is 57.5 Å². The van der Waals surface area contributed by atoms with Crippen LogP contribution in [0, 0.1) is 0 Å². The van der Waals surface area contributed by atoms with E-state index in [0.29, 0.717) is 18.4 Å². The maximum Gasteiger partial charge on any atom is 0.167 e. The lowest BCUT2D eigenvalue weighted by molar-refractivity contribution is 0.0955. The average Bonchev–Trinajstić information content (AvgIpc) is 2.51. The van der Waals surface area contributed by atoms with Crippen LogP contribution >= 0.6 is 0 Å². The van der Waals surface area contributed by atoms with Crippen molar-refractivity contribution in [3.63, 3.8) is 0 Å². The van der Waals surface area contributed by atoms with Gasteiger partial charge in [-0.15, -0.1) is 0 Å². The molecule has 0 saturated carbocycles. The fourth-order valence-electron chi connectivity index (χ4n) is 2.84. The highest BCUT2D eigenvalue weighted by Crippen LogP contribution is 2.35. The second-order valence-electron chi connectivity index (χ2n) is 6.56. The van der Waals surface area contributed by atoms with E-state index in [1.54, 1.807) is 0 Å². The Balaban J connectivity index is 2.29. The molecule has 0 aliphatic heterocycles. The molecule has 2 aromatic carbocycles. The SMILES string of the molecule is CCCc1c(O)ccc(C(=O)CC(C)(C)c2ccccc2)c1O. The lowest BCUT2D eigenvalue weighted by Gasteiger charge is -2.25. The van der Waals surface area contributed by atoms with E-state index in [4.69, 9.17) is 0 Å². The number of carbonyl (C=O) groups excluding carboxylic acids is 1. The summed E-state index contributed by atoms with van der Waals surface area (Å²) in [7, 11) is 0. The van der Waals surface area contributed by atoms with Crippen LogP contribution in [-0.2, 0) is 11.8 Å². The van der Waals surface area contributed by atoms with Crippen LogP contribution in [0.5, 0.6) is 11.5 Å². The van der Waals surface area contributed by atoms with Gasteiger partial charge in [-0.3, -0.25) is 4.79 Å². The second kappa shape index (κ2) is 6.86. The van der Waals surface area contributed by atoms with E-state index in [-0.39, 0.29) is 28.3 Å². The molecule has 3 heteroatoms. The van der Waals surface area contributed by atoms with Gasteiger partial charge in [-0.25, -0.2) is 0 Å². The van der Waals surface area contributed by atoms with Gasteiger partial charge in [0.2, 0.25) is 0 Å². The predicted octanol–water partition coefficient (Wildman–Crippen LogP) is 4.60. The van der Waals surface area contributed by atoms with Crippen LogP contribution in [0.15, 0.2) is 42.5 Å².